The number of hydrogen-bond acceptors (Lipinski definition) is 4. The monoisotopic (exact) mass is 338 g/mol. The van der Waals surface area contributed by atoms with E-state index in [1.807, 2.05) is 55.4 Å². The summed E-state index contributed by atoms with van der Waals surface area (Å²) >= 11 is 0. The summed E-state index contributed by atoms with van der Waals surface area (Å²) < 4.78 is 25.7. The number of nitrogen functional groups attached to an aromatic ring is 1. The number of rotatable bonds is 2. The van der Waals surface area contributed by atoms with E-state index in [0.717, 1.165) is 0 Å². The third-order valence-corrected chi connectivity index (χ3v) is 3.98. The molecule has 1 heterocycles. The van der Waals surface area contributed by atoms with Gasteiger partial charge in [0.25, 0.3) is 0 Å². The van der Waals surface area contributed by atoms with Gasteiger partial charge in [-0.1, -0.05) is 33.8 Å². The van der Waals surface area contributed by atoms with Gasteiger partial charge in [-0.25, -0.2) is 4.39 Å². The van der Waals surface area contributed by atoms with Crippen LogP contribution in [-0.4, -0.2) is 31.6 Å². The first-order chi connectivity index (χ1) is 11.2. The van der Waals surface area contributed by atoms with Gasteiger partial charge in [-0.15, -0.1) is 0 Å². The maximum atomic E-state index is 13.9. The van der Waals surface area contributed by atoms with E-state index in [2.05, 4.69) is 4.99 Å². The number of nitrogens with two attached hydrogens (primary N) is 1. The van der Waals surface area contributed by atoms with Crippen LogP contribution in [0.25, 0.3) is 0 Å². The van der Waals surface area contributed by atoms with Crippen LogP contribution in [0.4, 0.5) is 10.1 Å². The molecular formula is C18H32BFN2O2. The summed E-state index contributed by atoms with van der Waals surface area (Å²) in [6, 6.07) is 3.10. The maximum Gasteiger partial charge on any atom is 0.494 e. The van der Waals surface area contributed by atoms with E-state index in [1.54, 1.807) is 13.1 Å². The Balaban J connectivity index is 0.00000123. The summed E-state index contributed by atoms with van der Waals surface area (Å²) in [5.74, 6) is -0.493. The first-order valence-corrected chi connectivity index (χ1v) is 8.54. The van der Waals surface area contributed by atoms with Crippen molar-refractivity contribution in [2.75, 3.05) is 12.8 Å². The molecule has 0 radical (unpaired) electrons. The molecule has 136 valence electrons. The van der Waals surface area contributed by atoms with E-state index in [9.17, 15) is 4.39 Å². The van der Waals surface area contributed by atoms with Gasteiger partial charge in [-0.3, -0.25) is 4.99 Å². The van der Waals surface area contributed by atoms with Crippen molar-refractivity contribution in [2.45, 2.75) is 66.6 Å². The van der Waals surface area contributed by atoms with Crippen molar-refractivity contribution in [3.05, 3.63) is 23.5 Å². The van der Waals surface area contributed by atoms with Crippen LogP contribution in [0.2, 0.25) is 0 Å². The second-order valence-electron chi connectivity index (χ2n) is 5.98. The van der Waals surface area contributed by atoms with E-state index >= 15 is 0 Å². The van der Waals surface area contributed by atoms with Crippen LogP contribution in [0.3, 0.4) is 0 Å². The van der Waals surface area contributed by atoms with Gasteiger partial charge in [0.05, 0.1) is 16.9 Å². The van der Waals surface area contributed by atoms with Crippen molar-refractivity contribution in [3.8, 4) is 0 Å². The van der Waals surface area contributed by atoms with Crippen LogP contribution in [0, 0.1) is 5.82 Å². The summed E-state index contributed by atoms with van der Waals surface area (Å²) in [6.45, 7) is 15.8. The zero-order valence-corrected chi connectivity index (χ0v) is 16.5. The molecule has 1 saturated heterocycles. The summed E-state index contributed by atoms with van der Waals surface area (Å²) in [5, 5.41) is 0. The van der Waals surface area contributed by atoms with Crippen molar-refractivity contribution in [1.82, 2.24) is 0 Å². The van der Waals surface area contributed by atoms with Gasteiger partial charge in [-0.05, 0) is 39.2 Å². The lowest BCUT2D eigenvalue weighted by molar-refractivity contribution is 0.00578. The molecule has 1 fully saturated rings. The Morgan fingerprint density at radius 3 is 1.92 bits per heavy atom. The minimum Gasteiger partial charge on any atom is -0.399 e. The average molecular weight is 338 g/mol. The molecule has 0 spiro atoms. The molecule has 0 bridgehead atoms. The average Bonchev–Trinajstić information content (AvgIpc) is 2.76. The summed E-state index contributed by atoms with van der Waals surface area (Å²) in [6.07, 6.45) is 1.52. The Bertz CT molecular complexity index is 544. The maximum absolute atomic E-state index is 13.9. The fourth-order valence-electron chi connectivity index (χ4n) is 2.02. The molecule has 2 rings (SSSR count). The standard InChI is InChI=1S/C14H20BFN2O2.2C2H6/c1-13(2)14(3,4)20-15(19-13)10-6-9(8-18-5)12(17)11(16)7-10;2*1-2/h6-8H,17H2,1-5H3;2*1-2H3. The smallest absolute Gasteiger partial charge is 0.399 e. The topological polar surface area (TPSA) is 56.8 Å². The number of hydrogen-bond donors (Lipinski definition) is 1. The van der Waals surface area contributed by atoms with Gasteiger partial charge in [-0.2, -0.15) is 0 Å². The normalized spacial score (nSPS) is 17.8. The predicted octanol–water partition coefficient (Wildman–Crippen LogP) is 3.81. The largest absolute Gasteiger partial charge is 0.494 e. The highest BCUT2D eigenvalue weighted by molar-refractivity contribution is 6.62. The quantitative estimate of drug-likeness (QED) is 0.507. The van der Waals surface area contributed by atoms with Gasteiger partial charge in [0, 0.05) is 18.8 Å². The highest BCUT2D eigenvalue weighted by Gasteiger charge is 2.51. The molecule has 1 aromatic carbocycles. The number of halogens is 1. The minimum absolute atomic E-state index is 0.0795. The Labute approximate surface area is 146 Å². The molecule has 1 aromatic rings. The van der Waals surface area contributed by atoms with Crippen LogP contribution in [0.1, 0.15) is 61.0 Å². The van der Waals surface area contributed by atoms with E-state index in [1.165, 1.54) is 12.3 Å². The third-order valence-electron chi connectivity index (χ3n) is 3.98. The van der Waals surface area contributed by atoms with E-state index in [0.29, 0.717) is 11.0 Å². The summed E-state index contributed by atoms with van der Waals surface area (Å²) in [5.41, 5.74) is 5.97. The number of benzene rings is 1. The number of nitrogens with zero attached hydrogens (tertiary/aromatic N) is 1. The molecule has 0 amide bonds. The number of anilines is 1. The lowest BCUT2D eigenvalue weighted by atomic mass is 9.78. The van der Waals surface area contributed by atoms with E-state index in [4.69, 9.17) is 15.0 Å². The van der Waals surface area contributed by atoms with Crippen LogP contribution >= 0.6 is 0 Å². The third kappa shape index (κ3) is 4.80. The molecule has 2 N–H and O–H groups in total. The Hall–Kier alpha value is -1.40. The van der Waals surface area contributed by atoms with Gasteiger partial charge >= 0.3 is 7.12 Å². The Morgan fingerprint density at radius 1 is 1.04 bits per heavy atom. The van der Waals surface area contributed by atoms with Crippen LogP contribution < -0.4 is 11.2 Å². The van der Waals surface area contributed by atoms with Crippen molar-refractivity contribution in [3.63, 3.8) is 0 Å². The fraction of sp³-hybridized carbons (Fsp3) is 0.611. The summed E-state index contributed by atoms with van der Waals surface area (Å²) in [4.78, 5) is 3.88. The lowest BCUT2D eigenvalue weighted by Gasteiger charge is -2.32. The first kappa shape index (κ1) is 22.6. The zero-order chi connectivity index (χ0) is 19.1. The highest BCUT2D eigenvalue weighted by atomic mass is 19.1. The van der Waals surface area contributed by atoms with Gasteiger partial charge in [0.1, 0.15) is 5.82 Å². The van der Waals surface area contributed by atoms with Gasteiger partial charge in [0.15, 0.2) is 0 Å². The molecule has 4 nitrogen and oxygen atoms in total. The second-order valence-corrected chi connectivity index (χ2v) is 5.98. The van der Waals surface area contributed by atoms with Gasteiger partial charge in [0.2, 0.25) is 0 Å². The molecule has 1 aliphatic heterocycles. The van der Waals surface area contributed by atoms with Crippen molar-refractivity contribution >= 4 is 24.5 Å². The van der Waals surface area contributed by atoms with E-state index < -0.39 is 24.1 Å². The first-order valence-electron chi connectivity index (χ1n) is 8.54. The van der Waals surface area contributed by atoms with E-state index in [-0.39, 0.29) is 5.69 Å². The van der Waals surface area contributed by atoms with Crippen molar-refractivity contribution < 1.29 is 13.7 Å². The predicted molar refractivity (Wildman–Crippen MR) is 103 cm³/mol. The second kappa shape index (κ2) is 9.18. The van der Waals surface area contributed by atoms with Crippen molar-refractivity contribution in [1.29, 1.82) is 0 Å². The van der Waals surface area contributed by atoms with Crippen LogP contribution in [0.15, 0.2) is 17.1 Å². The molecule has 24 heavy (non-hydrogen) atoms. The lowest BCUT2D eigenvalue weighted by Crippen LogP contribution is -2.41. The van der Waals surface area contributed by atoms with Crippen LogP contribution in [-0.2, 0) is 9.31 Å². The Kier molecular flexibility index (Phi) is 8.65. The zero-order valence-electron chi connectivity index (χ0n) is 16.5. The van der Waals surface area contributed by atoms with Crippen molar-refractivity contribution in [2.24, 2.45) is 4.99 Å². The molecule has 0 aliphatic carbocycles. The van der Waals surface area contributed by atoms with Crippen LogP contribution in [0.5, 0.6) is 0 Å². The Morgan fingerprint density at radius 2 is 1.50 bits per heavy atom. The summed E-state index contributed by atoms with van der Waals surface area (Å²) in [7, 11) is 0.998. The molecule has 0 saturated carbocycles. The molecule has 6 heteroatoms. The highest BCUT2D eigenvalue weighted by Crippen LogP contribution is 2.36. The number of aliphatic imine (C=N–C) groups is 1. The SMILES string of the molecule is CC.CC.CN=Cc1cc(B2OC(C)(C)C(C)(C)O2)cc(F)c1N. The molecule has 1 aliphatic rings. The fourth-order valence-corrected chi connectivity index (χ4v) is 2.02. The molecule has 0 atom stereocenters. The molecule has 0 aromatic heterocycles. The molecule has 0 unspecified atom stereocenters. The minimum atomic E-state index is -0.612. The van der Waals surface area contributed by atoms with Gasteiger partial charge < -0.3 is 15.0 Å². The molecular weight excluding hydrogens is 306 g/mol.